The number of hydrogen-bond donors (Lipinski definition) is 0. The Hall–Kier alpha value is -1.54. The Balaban J connectivity index is 0.000000896. The van der Waals surface area contributed by atoms with Crippen molar-refractivity contribution in [1.82, 2.24) is 0 Å². The zero-order chi connectivity index (χ0) is 58.1. The summed E-state index contributed by atoms with van der Waals surface area (Å²) in [5.41, 5.74) is 2.14. The fourth-order valence-corrected chi connectivity index (χ4v) is 26.3. The maximum Gasteiger partial charge on any atom is 0.0505 e. The SMILES string of the molecule is C[Si](C)(C)c1cc([Si](C)(C)C)[c-]([Si](C)(C)C)c1.C[Si](C)(C)c1cc([Si](C)(C)C)[c-]([Si](C)(C)C)c1.C[Si](C)(C)c1cc[c-]([Si](C)(C)C)c1.C[Si](C)(C)c1cc[c-]([Si](C)(C)C)c1.[CH2-]c1ccccc1.[CH2-]c1ccccc1.[Ti]. The summed E-state index contributed by atoms with van der Waals surface area (Å²) in [6, 6.07) is 44.4. The summed E-state index contributed by atoms with van der Waals surface area (Å²) < 4.78 is 0. The molecule has 0 bridgehead atoms. The van der Waals surface area contributed by atoms with Crippen molar-refractivity contribution < 1.29 is 21.7 Å². The monoisotopic (exact) mass is 1210 g/mol. The van der Waals surface area contributed by atoms with E-state index in [0.29, 0.717) is 0 Å². The van der Waals surface area contributed by atoms with Crippen LogP contribution in [-0.4, -0.2) is 80.7 Å². The van der Waals surface area contributed by atoms with Gasteiger partial charge in [-0.3, -0.25) is 0 Å². The van der Waals surface area contributed by atoms with Crippen molar-refractivity contribution in [3.63, 3.8) is 0 Å². The van der Waals surface area contributed by atoms with Crippen molar-refractivity contribution in [3.05, 3.63) is 146 Å². The summed E-state index contributed by atoms with van der Waals surface area (Å²) in [5.74, 6) is 0. The third-order valence-electron chi connectivity index (χ3n) is 13.4. The van der Waals surface area contributed by atoms with Crippen LogP contribution < -0.4 is 51.9 Å². The Morgan fingerprint density at radius 2 is 0.520 bits per heavy atom. The van der Waals surface area contributed by atoms with Crippen molar-refractivity contribution in [2.75, 3.05) is 0 Å². The Bertz CT molecular complexity index is 2240. The molecule has 0 fully saturated rings. The second-order valence-electron chi connectivity index (χ2n) is 31.4. The fraction of sp³-hybridized carbons (Fsp3) is 0.469. The van der Waals surface area contributed by atoms with Crippen LogP contribution in [0, 0.1) is 13.8 Å². The molecular weight excluding hydrogens is 1100 g/mol. The normalized spacial score (nSPS) is 12.7. The van der Waals surface area contributed by atoms with Crippen molar-refractivity contribution in [2.24, 2.45) is 0 Å². The quantitative estimate of drug-likeness (QED) is 0.0947. The van der Waals surface area contributed by atoms with Crippen LogP contribution in [0.25, 0.3) is 0 Å². The zero-order valence-electron chi connectivity index (χ0n) is 54.5. The molecule has 0 saturated heterocycles. The van der Waals surface area contributed by atoms with Crippen molar-refractivity contribution in [1.29, 1.82) is 0 Å². The van der Waals surface area contributed by atoms with Crippen LogP contribution in [0.1, 0.15) is 11.1 Å². The molecule has 0 unspecified atom stereocenters. The molecule has 0 amide bonds. The van der Waals surface area contributed by atoms with Gasteiger partial charge in [-0.2, -0.15) is 117 Å². The topological polar surface area (TPSA) is 0 Å². The van der Waals surface area contributed by atoms with Crippen LogP contribution >= 0.6 is 0 Å². The summed E-state index contributed by atoms with van der Waals surface area (Å²) in [6.45, 7) is 81.0. The van der Waals surface area contributed by atoms with Gasteiger partial charge in [-0.05, 0) is 0 Å². The molecule has 75 heavy (non-hydrogen) atoms. The van der Waals surface area contributed by atoms with E-state index in [-0.39, 0.29) is 21.7 Å². The van der Waals surface area contributed by atoms with E-state index in [4.69, 9.17) is 0 Å². The minimum atomic E-state index is -1.19. The molecule has 11 heteroatoms. The van der Waals surface area contributed by atoms with Gasteiger partial charge in [-0.25, -0.2) is 45.0 Å². The van der Waals surface area contributed by atoms with E-state index in [1.54, 1.807) is 51.9 Å². The Kier molecular flexibility index (Phi) is 27.7. The van der Waals surface area contributed by atoms with Crippen LogP contribution in [0.2, 0.25) is 196 Å². The molecule has 0 radical (unpaired) electrons. The van der Waals surface area contributed by atoms with Gasteiger partial charge < -0.3 is 0 Å². The van der Waals surface area contributed by atoms with Gasteiger partial charge in [0.2, 0.25) is 0 Å². The average Bonchev–Trinajstić information content (AvgIpc) is 4.03. The van der Waals surface area contributed by atoms with E-state index < -0.39 is 80.7 Å². The molecular formula is C64H114Si10Ti-6. The standard InChI is InChI=1S/2C14H29Si3.2C11H21Si2.2C7H7.Ti/c2*1-15(2,3)12-10-13(16(4,5)6)14(11-12)17(7,8)9;2*1-12(2,3)10-7-8-11(9-10)13(4,5)6;2*1-7-5-3-2-4-6-7;/h2*10-11H,1-9H3;2*7-9H,1-6H3;2*2-6H,1H2;/q6*-1;. The second kappa shape index (κ2) is 28.2. The first-order chi connectivity index (χ1) is 32.9. The molecule has 0 aromatic heterocycles. The molecule has 0 aliphatic rings. The molecule has 420 valence electrons. The summed E-state index contributed by atoms with van der Waals surface area (Å²) in [4.78, 5) is 0. The first-order valence-corrected chi connectivity index (χ1v) is 62.8. The predicted octanol–water partition coefficient (Wildman–Crippen LogP) is 14.8. The second-order valence-corrected chi connectivity index (χ2v) is 82.0. The van der Waals surface area contributed by atoms with Crippen molar-refractivity contribution in [2.45, 2.75) is 196 Å². The van der Waals surface area contributed by atoms with E-state index >= 15 is 0 Å². The first kappa shape index (κ1) is 73.5. The molecule has 0 heterocycles. The van der Waals surface area contributed by atoms with Gasteiger partial charge >= 0.3 is 0 Å². The van der Waals surface area contributed by atoms with Crippen LogP contribution in [0.3, 0.4) is 0 Å². The van der Waals surface area contributed by atoms with Gasteiger partial charge in [0, 0.05) is 86.3 Å². The van der Waals surface area contributed by atoms with Gasteiger partial charge in [-0.15, -0.1) is 24.3 Å². The molecule has 0 aliphatic carbocycles. The van der Waals surface area contributed by atoms with Crippen LogP contribution in [0.5, 0.6) is 0 Å². The van der Waals surface area contributed by atoms with Crippen LogP contribution in [0.4, 0.5) is 0 Å². The third kappa shape index (κ3) is 26.5. The van der Waals surface area contributed by atoms with Gasteiger partial charge in [0.05, 0.1) is 16.1 Å². The molecule has 6 rings (SSSR count). The molecule has 0 aliphatic heterocycles. The summed E-state index contributed by atoms with van der Waals surface area (Å²) in [5, 5.41) is 16.8. The molecule has 0 saturated carbocycles. The zero-order valence-corrected chi connectivity index (χ0v) is 66.0. The van der Waals surface area contributed by atoms with E-state index in [9.17, 15) is 0 Å². The number of hydrogen-bond acceptors (Lipinski definition) is 0. The van der Waals surface area contributed by atoms with E-state index in [0.717, 1.165) is 11.1 Å². The molecule has 6 aromatic rings. The van der Waals surface area contributed by atoms with E-state index in [2.05, 4.69) is 271 Å². The van der Waals surface area contributed by atoms with E-state index in [1.165, 1.54) is 0 Å². The van der Waals surface area contributed by atoms with E-state index in [1.807, 2.05) is 60.7 Å². The Morgan fingerprint density at radius 3 is 0.640 bits per heavy atom. The fourth-order valence-electron chi connectivity index (χ4n) is 8.07. The van der Waals surface area contributed by atoms with Crippen molar-refractivity contribution >= 4 is 133 Å². The maximum atomic E-state index is 3.72. The summed E-state index contributed by atoms with van der Waals surface area (Å²) in [6.07, 6.45) is 0. The average molecular weight is 1210 g/mol. The molecule has 0 spiro atoms. The third-order valence-corrected chi connectivity index (χ3v) is 34.2. The molecule has 6 aromatic carbocycles. The Labute approximate surface area is 492 Å². The minimum Gasteiger partial charge on any atom is -0.213 e. The van der Waals surface area contributed by atoms with Crippen LogP contribution in [-0.2, 0) is 21.7 Å². The maximum absolute atomic E-state index is 3.72. The van der Waals surface area contributed by atoms with Gasteiger partial charge in [0.25, 0.3) is 0 Å². The number of benzene rings is 2. The summed E-state index contributed by atoms with van der Waals surface area (Å²) in [7, 11) is -11.3. The van der Waals surface area contributed by atoms with Gasteiger partial charge in [-0.1, -0.05) is 209 Å². The summed E-state index contributed by atoms with van der Waals surface area (Å²) >= 11 is 0. The number of rotatable bonds is 10. The Morgan fingerprint density at radius 1 is 0.280 bits per heavy atom. The van der Waals surface area contributed by atoms with Crippen LogP contribution in [0.15, 0.2) is 121 Å². The predicted molar refractivity (Wildman–Crippen MR) is 380 cm³/mol. The molecule has 0 atom stereocenters. The first-order valence-electron chi connectivity index (χ1n) is 27.8. The van der Waals surface area contributed by atoms with Gasteiger partial charge in [0.1, 0.15) is 0 Å². The molecule has 0 N–H and O–H groups in total. The largest absolute Gasteiger partial charge is 0.213 e. The van der Waals surface area contributed by atoms with Crippen molar-refractivity contribution in [3.8, 4) is 0 Å². The minimum absolute atomic E-state index is 0. The smallest absolute Gasteiger partial charge is 0.0505 e. The molecule has 0 nitrogen and oxygen atoms in total. The van der Waals surface area contributed by atoms with Gasteiger partial charge in [0.15, 0.2) is 0 Å².